The third-order valence-corrected chi connectivity index (χ3v) is 3.51. The van der Waals surface area contributed by atoms with Gasteiger partial charge in [0.15, 0.2) is 0 Å². The lowest BCUT2D eigenvalue weighted by Crippen LogP contribution is -2.12. The van der Waals surface area contributed by atoms with E-state index in [-0.39, 0.29) is 0 Å². The third-order valence-electron chi connectivity index (χ3n) is 3.51. The molecule has 1 unspecified atom stereocenters. The zero-order valence-electron chi connectivity index (χ0n) is 13.3. The molecule has 0 aliphatic rings. The molecule has 2 N–H and O–H groups in total. The van der Waals surface area contributed by atoms with E-state index in [0.717, 1.165) is 23.4 Å². The summed E-state index contributed by atoms with van der Waals surface area (Å²) < 4.78 is 1.77. The Balaban J connectivity index is 1.93. The Morgan fingerprint density at radius 3 is 2.43 bits per heavy atom. The monoisotopic (exact) mass is 287 g/mol. The van der Waals surface area contributed by atoms with E-state index in [1.165, 1.54) is 5.56 Å². The Kier molecular flexibility index (Phi) is 5.02. The number of hydrogen-bond donors (Lipinski definition) is 2. The van der Waals surface area contributed by atoms with Gasteiger partial charge in [0.25, 0.3) is 0 Å². The van der Waals surface area contributed by atoms with Gasteiger partial charge in [-0.25, -0.2) is 0 Å². The molecule has 4 nitrogen and oxygen atoms in total. The fourth-order valence-corrected chi connectivity index (χ4v) is 2.44. The van der Waals surface area contributed by atoms with Crippen molar-refractivity contribution in [3.63, 3.8) is 0 Å². The molecule has 21 heavy (non-hydrogen) atoms. The summed E-state index contributed by atoms with van der Waals surface area (Å²) in [6.07, 6.45) is 2.48. The summed E-state index contributed by atoms with van der Waals surface area (Å²) in [4.78, 5) is 0. The highest BCUT2D eigenvalue weighted by molar-refractivity contribution is 5.45. The predicted octanol–water partition coefficient (Wildman–Crippen LogP) is 3.07. The first-order valence-corrected chi connectivity index (χ1v) is 7.46. The van der Waals surface area contributed by atoms with Gasteiger partial charge in [0, 0.05) is 19.8 Å². The van der Waals surface area contributed by atoms with Crippen molar-refractivity contribution >= 4 is 5.69 Å². The number of hydrogen-bond acceptors (Lipinski definition) is 3. The van der Waals surface area contributed by atoms with Crippen LogP contribution in [-0.2, 0) is 13.5 Å². The van der Waals surface area contributed by atoms with Gasteiger partial charge in [-0.2, -0.15) is 5.10 Å². The third kappa shape index (κ3) is 4.33. The minimum Gasteiger partial charge on any atom is -0.387 e. The van der Waals surface area contributed by atoms with Gasteiger partial charge in [-0.05, 0) is 30.4 Å². The van der Waals surface area contributed by atoms with Crippen LogP contribution in [0.3, 0.4) is 0 Å². The second-order valence-electron chi connectivity index (χ2n) is 6.04. The van der Waals surface area contributed by atoms with Crippen molar-refractivity contribution < 1.29 is 5.11 Å². The Bertz CT molecular complexity index is 572. The second kappa shape index (κ2) is 6.76. The number of aliphatic hydroxyl groups excluding tert-OH is 1. The van der Waals surface area contributed by atoms with Crippen molar-refractivity contribution in [1.82, 2.24) is 9.78 Å². The summed E-state index contributed by atoms with van der Waals surface area (Å²) in [5.41, 5.74) is 4.17. The van der Waals surface area contributed by atoms with Crippen LogP contribution in [0.4, 0.5) is 5.69 Å². The lowest BCUT2D eigenvalue weighted by molar-refractivity contribution is 0.191. The van der Waals surface area contributed by atoms with Crippen molar-refractivity contribution in [1.29, 1.82) is 0 Å². The zero-order valence-corrected chi connectivity index (χ0v) is 13.3. The number of aromatic nitrogens is 2. The minimum atomic E-state index is -0.516. The van der Waals surface area contributed by atoms with E-state index in [2.05, 4.69) is 36.4 Å². The van der Waals surface area contributed by atoms with Crippen molar-refractivity contribution in [2.75, 3.05) is 11.9 Å². The van der Waals surface area contributed by atoms with Crippen LogP contribution >= 0.6 is 0 Å². The molecule has 1 atom stereocenters. The maximum absolute atomic E-state index is 10.3. The lowest BCUT2D eigenvalue weighted by Gasteiger charge is -2.13. The van der Waals surface area contributed by atoms with Crippen LogP contribution in [0.1, 0.15) is 36.8 Å². The van der Waals surface area contributed by atoms with E-state index in [1.807, 2.05) is 32.3 Å². The van der Waals surface area contributed by atoms with E-state index < -0.39 is 6.10 Å². The summed E-state index contributed by atoms with van der Waals surface area (Å²) >= 11 is 0. The standard InChI is InChI=1S/C17H25N3O/c1-12(2)9-14-5-7-15(8-6-14)17(21)10-18-16-11-20(4)19-13(16)3/h5-8,11-12,17-18,21H,9-10H2,1-4H3. The van der Waals surface area contributed by atoms with E-state index in [1.54, 1.807) is 4.68 Å². The maximum atomic E-state index is 10.3. The largest absolute Gasteiger partial charge is 0.387 e. The molecule has 0 saturated heterocycles. The highest BCUT2D eigenvalue weighted by Crippen LogP contribution is 2.18. The summed E-state index contributed by atoms with van der Waals surface area (Å²) in [7, 11) is 1.89. The molecule has 2 aromatic rings. The van der Waals surface area contributed by atoms with Gasteiger partial charge in [0.1, 0.15) is 0 Å². The first-order chi connectivity index (χ1) is 9.95. The first kappa shape index (κ1) is 15.6. The van der Waals surface area contributed by atoms with Crippen LogP contribution in [-0.4, -0.2) is 21.4 Å². The molecule has 0 fully saturated rings. The summed E-state index contributed by atoms with van der Waals surface area (Å²) in [5, 5.41) is 17.8. The molecule has 0 radical (unpaired) electrons. The number of anilines is 1. The fourth-order valence-electron chi connectivity index (χ4n) is 2.44. The SMILES string of the molecule is Cc1nn(C)cc1NCC(O)c1ccc(CC(C)C)cc1. The number of nitrogens with zero attached hydrogens (tertiary/aromatic N) is 2. The molecule has 4 heteroatoms. The molecule has 2 rings (SSSR count). The smallest absolute Gasteiger partial charge is 0.0962 e. The zero-order chi connectivity index (χ0) is 15.4. The van der Waals surface area contributed by atoms with Gasteiger partial charge >= 0.3 is 0 Å². The Labute approximate surface area is 126 Å². The summed E-state index contributed by atoms with van der Waals surface area (Å²) in [6.45, 7) is 6.86. The minimum absolute atomic E-state index is 0.482. The van der Waals surface area contributed by atoms with Gasteiger partial charge in [-0.15, -0.1) is 0 Å². The number of aliphatic hydroxyl groups is 1. The molecule has 0 bridgehead atoms. The Hall–Kier alpha value is -1.81. The van der Waals surface area contributed by atoms with Crippen LogP contribution < -0.4 is 5.32 Å². The predicted molar refractivity (Wildman–Crippen MR) is 86.4 cm³/mol. The molecule has 0 amide bonds. The fraction of sp³-hybridized carbons (Fsp3) is 0.471. The van der Waals surface area contributed by atoms with E-state index in [9.17, 15) is 5.11 Å². The van der Waals surface area contributed by atoms with E-state index in [4.69, 9.17) is 0 Å². The molecule has 1 aromatic carbocycles. The van der Waals surface area contributed by atoms with Crippen LogP contribution in [0.5, 0.6) is 0 Å². The molecule has 1 aromatic heterocycles. The average Bonchev–Trinajstić information content (AvgIpc) is 2.74. The topological polar surface area (TPSA) is 50.1 Å². The van der Waals surface area contributed by atoms with Crippen molar-refractivity contribution in [2.45, 2.75) is 33.3 Å². The highest BCUT2D eigenvalue weighted by atomic mass is 16.3. The van der Waals surface area contributed by atoms with Crippen molar-refractivity contribution in [2.24, 2.45) is 13.0 Å². The number of rotatable bonds is 6. The molecule has 0 aliphatic heterocycles. The van der Waals surface area contributed by atoms with Gasteiger partial charge < -0.3 is 10.4 Å². The molecule has 1 heterocycles. The van der Waals surface area contributed by atoms with Crippen LogP contribution in [0, 0.1) is 12.8 Å². The van der Waals surface area contributed by atoms with Crippen LogP contribution in [0.25, 0.3) is 0 Å². The van der Waals surface area contributed by atoms with Gasteiger partial charge in [-0.1, -0.05) is 38.1 Å². The number of nitrogens with one attached hydrogen (secondary N) is 1. The highest BCUT2D eigenvalue weighted by Gasteiger charge is 2.09. The summed E-state index contributed by atoms with van der Waals surface area (Å²) in [5.74, 6) is 0.649. The van der Waals surface area contributed by atoms with Crippen LogP contribution in [0.15, 0.2) is 30.5 Å². The molecule has 0 spiro atoms. The normalized spacial score (nSPS) is 12.7. The van der Waals surface area contributed by atoms with Crippen molar-refractivity contribution in [3.8, 4) is 0 Å². The molecule has 114 valence electrons. The molecule has 0 saturated carbocycles. The molecular formula is C17H25N3O. The quantitative estimate of drug-likeness (QED) is 0.858. The van der Waals surface area contributed by atoms with E-state index >= 15 is 0 Å². The number of aryl methyl sites for hydroxylation is 2. The number of benzene rings is 1. The lowest BCUT2D eigenvalue weighted by atomic mass is 10.0. The second-order valence-corrected chi connectivity index (χ2v) is 6.04. The van der Waals surface area contributed by atoms with Gasteiger partial charge in [-0.3, -0.25) is 4.68 Å². The van der Waals surface area contributed by atoms with E-state index in [0.29, 0.717) is 12.5 Å². The Morgan fingerprint density at radius 2 is 1.90 bits per heavy atom. The average molecular weight is 287 g/mol. The van der Waals surface area contributed by atoms with Crippen LogP contribution in [0.2, 0.25) is 0 Å². The Morgan fingerprint density at radius 1 is 1.24 bits per heavy atom. The maximum Gasteiger partial charge on any atom is 0.0962 e. The summed E-state index contributed by atoms with van der Waals surface area (Å²) in [6, 6.07) is 8.24. The first-order valence-electron chi connectivity index (χ1n) is 7.46. The van der Waals surface area contributed by atoms with Gasteiger partial charge in [0.2, 0.25) is 0 Å². The molecular weight excluding hydrogens is 262 g/mol. The van der Waals surface area contributed by atoms with Crippen molar-refractivity contribution in [3.05, 3.63) is 47.3 Å². The molecule has 0 aliphatic carbocycles. The van der Waals surface area contributed by atoms with Gasteiger partial charge in [0.05, 0.1) is 17.5 Å².